The molecule has 7 nitrogen and oxygen atoms in total. The van der Waals surface area contributed by atoms with Crippen LogP contribution in [0.15, 0.2) is 54.6 Å². The van der Waals surface area contributed by atoms with Crippen LogP contribution in [0.1, 0.15) is 30.5 Å². The monoisotopic (exact) mass is 436 g/mol. The van der Waals surface area contributed by atoms with Crippen molar-refractivity contribution in [2.75, 3.05) is 27.8 Å². The summed E-state index contributed by atoms with van der Waals surface area (Å²) in [6.45, 7) is 1.16. The number of benzene rings is 2. The summed E-state index contributed by atoms with van der Waals surface area (Å²) in [7, 11) is 5.03. The molecule has 0 spiro atoms. The molecule has 1 heterocycles. The van der Waals surface area contributed by atoms with Crippen LogP contribution in [0.3, 0.4) is 0 Å². The van der Waals surface area contributed by atoms with Crippen molar-refractivity contribution in [2.24, 2.45) is 0 Å². The van der Waals surface area contributed by atoms with E-state index < -0.39 is 0 Å². The molecule has 0 saturated heterocycles. The smallest absolute Gasteiger partial charge is 0.317 e. The fourth-order valence-corrected chi connectivity index (χ4v) is 3.49. The minimum absolute atomic E-state index is 0.0825. The molecule has 170 valence electrons. The van der Waals surface area contributed by atoms with Crippen molar-refractivity contribution >= 4 is 6.03 Å². The largest absolute Gasteiger partial charge is 0.493 e. The fourth-order valence-electron chi connectivity index (χ4n) is 3.49. The third kappa shape index (κ3) is 6.51. The molecule has 0 fully saturated rings. The fraction of sp³-hybridized carbons (Fsp3) is 0.360. The Kier molecular flexibility index (Phi) is 8.54. The summed E-state index contributed by atoms with van der Waals surface area (Å²) in [5.74, 6) is 1.33. The Morgan fingerprint density at radius 1 is 1.00 bits per heavy atom. The van der Waals surface area contributed by atoms with Gasteiger partial charge in [-0.1, -0.05) is 42.8 Å². The number of ether oxygens (including phenoxy) is 2. The Morgan fingerprint density at radius 3 is 2.53 bits per heavy atom. The van der Waals surface area contributed by atoms with Crippen LogP contribution < -0.4 is 14.8 Å². The number of nitrogens with one attached hydrogen (secondary N) is 2. The molecule has 0 aliphatic rings. The van der Waals surface area contributed by atoms with Crippen molar-refractivity contribution in [3.8, 4) is 22.8 Å². The number of aromatic amines is 1. The van der Waals surface area contributed by atoms with Gasteiger partial charge in [-0.2, -0.15) is 5.10 Å². The van der Waals surface area contributed by atoms with Gasteiger partial charge in [-0.3, -0.25) is 5.10 Å². The van der Waals surface area contributed by atoms with Crippen LogP contribution in [0.25, 0.3) is 11.3 Å². The number of rotatable bonds is 11. The molecule has 0 aliphatic carbocycles. The number of hydrogen-bond acceptors (Lipinski definition) is 4. The van der Waals surface area contributed by atoms with E-state index >= 15 is 0 Å². The molecule has 0 unspecified atom stereocenters. The van der Waals surface area contributed by atoms with Crippen molar-refractivity contribution in [1.82, 2.24) is 20.4 Å². The van der Waals surface area contributed by atoms with Crippen molar-refractivity contribution in [3.05, 3.63) is 65.9 Å². The van der Waals surface area contributed by atoms with Crippen molar-refractivity contribution in [3.63, 3.8) is 0 Å². The van der Waals surface area contributed by atoms with Crippen molar-refractivity contribution < 1.29 is 14.3 Å². The maximum atomic E-state index is 12.4. The number of carbonyl (C=O) groups is 1. The van der Waals surface area contributed by atoms with E-state index in [1.807, 2.05) is 43.4 Å². The van der Waals surface area contributed by atoms with Crippen LogP contribution in [0.4, 0.5) is 4.79 Å². The lowest BCUT2D eigenvalue weighted by atomic mass is 10.1. The third-order valence-electron chi connectivity index (χ3n) is 5.38. The molecule has 0 bridgehead atoms. The van der Waals surface area contributed by atoms with Gasteiger partial charge in [-0.15, -0.1) is 0 Å². The first-order valence-electron chi connectivity index (χ1n) is 10.9. The lowest BCUT2D eigenvalue weighted by Gasteiger charge is -2.18. The maximum absolute atomic E-state index is 12.4. The van der Waals surface area contributed by atoms with E-state index in [0.717, 1.165) is 54.7 Å². The van der Waals surface area contributed by atoms with Crippen molar-refractivity contribution in [2.45, 2.75) is 32.2 Å². The number of nitrogens with zero attached hydrogens (tertiary/aromatic N) is 2. The second-order valence-electron chi connectivity index (χ2n) is 7.72. The Hall–Kier alpha value is -3.48. The van der Waals surface area contributed by atoms with Gasteiger partial charge in [-0.05, 0) is 43.0 Å². The Labute approximate surface area is 189 Å². The number of aryl methyl sites for hydroxylation is 1. The zero-order valence-corrected chi connectivity index (χ0v) is 19.1. The van der Waals surface area contributed by atoms with Gasteiger partial charge in [0.2, 0.25) is 0 Å². The summed E-state index contributed by atoms with van der Waals surface area (Å²) in [5.41, 5.74) is 4.20. The zero-order chi connectivity index (χ0) is 22.8. The zero-order valence-electron chi connectivity index (χ0n) is 19.1. The lowest BCUT2D eigenvalue weighted by molar-refractivity contribution is 0.207. The number of hydrogen-bond donors (Lipinski definition) is 2. The SMILES string of the molecule is COc1ccc(CNC(=O)N(C)CCCCCc2cc(-c3ccccc3)n[nH]2)cc1OC. The van der Waals surface area contributed by atoms with Gasteiger partial charge in [-0.25, -0.2) is 4.79 Å². The van der Waals surface area contributed by atoms with Gasteiger partial charge in [0.15, 0.2) is 11.5 Å². The minimum Gasteiger partial charge on any atom is -0.493 e. The number of H-pyrrole nitrogens is 1. The summed E-state index contributed by atoms with van der Waals surface area (Å²) in [6, 6.07) is 17.8. The molecule has 0 atom stereocenters. The highest BCUT2D eigenvalue weighted by Gasteiger charge is 2.10. The van der Waals surface area contributed by atoms with Crippen LogP contribution in [-0.2, 0) is 13.0 Å². The topological polar surface area (TPSA) is 79.5 Å². The predicted octanol–water partition coefficient (Wildman–Crippen LogP) is 4.65. The highest BCUT2D eigenvalue weighted by molar-refractivity contribution is 5.73. The van der Waals surface area contributed by atoms with Gasteiger partial charge in [0.05, 0.1) is 19.9 Å². The second-order valence-corrected chi connectivity index (χ2v) is 7.72. The molecular weight excluding hydrogens is 404 g/mol. The molecule has 3 aromatic rings. The molecule has 0 aliphatic heterocycles. The molecule has 0 radical (unpaired) electrons. The first-order chi connectivity index (χ1) is 15.6. The summed E-state index contributed by atoms with van der Waals surface area (Å²) >= 11 is 0. The Bertz CT molecular complexity index is 988. The summed E-state index contributed by atoms with van der Waals surface area (Å²) in [6.07, 6.45) is 4.01. The highest BCUT2D eigenvalue weighted by Crippen LogP contribution is 2.27. The molecule has 2 N–H and O–H groups in total. The number of urea groups is 1. The standard InChI is InChI=1S/C25H32N4O3/c1-29(25(30)26-18-19-13-14-23(31-2)24(16-19)32-3)15-9-5-8-12-21-17-22(28-27-21)20-10-6-4-7-11-20/h4,6-7,10-11,13-14,16-17H,5,8-9,12,15,18H2,1-3H3,(H,26,30)(H,27,28). The van der Waals surface area contributed by atoms with Gasteiger partial charge < -0.3 is 19.7 Å². The molecule has 7 heteroatoms. The maximum Gasteiger partial charge on any atom is 0.317 e. The Morgan fingerprint density at radius 2 is 1.78 bits per heavy atom. The van der Waals surface area contributed by atoms with E-state index in [1.165, 1.54) is 0 Å². The van der Waals surface area contributed by atoms with Crippen LogP contribution in [0.2, 0.25) is 0 Å². The molecule has 3 rings (SSSR count). The molecular formula is C25H32N4O3. The molecule has 0 saturated carbocycles. The summed E-state index contributed by atoms with van der Waals surface area (Å²) < 4.78 is 10.6. The number of aromatic nitrogens is 2. The molecule has 32 heavy (non-hydrogen) atoms. The average molecular weight is 437 g/mol. The van der Waals surface area contributed by atoms with Gasteiger partial charge in [0.25, 0.3) is 0 Å². The first kappa shape index (κ1) is 23.2. The van der Waals surface area contributed by atoms with E-state index in [2.05, 4.69) is 33.7 Å². The van der Waals surface area contributed by atoms with E-state index in [1.54, 1.807) is 19.1 Å². The predicted molar refractivity (Wildman–Crippen MR) is 126 cm³/mol. The molecule has 1 aromatic heterocycles. The van der Waals surface area contributed by atoms with Crippen LogP contribution in [0.5, 0.6) is 11.5 Å². The van der Waals surface area contributed by atoms with Crippen molar-refractivity contribution in [1.29, 1.82) is 0 Å². The Balaban J connectivity index is 1.34. The van der Waals surface area contributed by atoms with Crippen LogP contribution in [-0.4, -0.2) is 48.9 Å². The minimum atomic E-state index is -0.0825. The van der Waals surface area contributed by atoms with E-state index in [0.29, 0.717) is 18.0 Å². The van der Waals surface area contributed by atoms with Gasteiger partial charge in [0.1, 0.15) is 0 Å². The average Bonchev–Trinajstić information content (AvgIpc) is 3.31. The number of unbranched alkanes of at least 4 members (excludes halogenated alkanes) is 2. The number of carbonyl (C=O) groups excluding carboxylic acids is 1. The summed E-state index contributed by atoms with van der Waals surface area (Å²) in [5, 5.41) is 10.5. The lowest BCUT2D eigenvalue weighted by Crippen LogP contribution is -2.37. The van der Waals surface area contributed by atoms with Gasteiger partial charge in [0, 0.05) is 31.4 Å². The third-order valence-corrected chi connectivity index (χ3v) is 5.38. The second kappa shape index (κ2) is 11.8. The highest BCUT2D eigenvalue weighted by atomic mass is 16.5. The summed E-state index contributed by atoms with van der Waals surface area (Å²) in [4.78, 5) is 14.1. The molecule has 2 aromatic carbocycles. The van der Waals surface area contributed by atoms with Crippen LogP contribution in [0, 0.1) is 0 Å². The quantitative estimate of drug-likeness (QED) is 0.429. The van der Waals surface area contributed by atoms with E-state index in [4.69, 9.17) is 9.47 Å². The number of amides is 2. The van der Waals surface area contributed by atoms with E-state index in [9.17, 15) is 4.79 Å². The van der Waals surface area contributed by atoms with Gasteiger partial charge >= 0.3 is 6.03 Å². The molecule has 2 amide bonds. The number of methoxy groups -OCH3 is 2. The van der Waals surface area contributed by atoms with E-state index in [-0.39, 0.29) is 6.03 Å². The first-order valence-corrected chi connectivity index (χ1v) is 10.9. The van der Waals surface area contributed by atoms with Crippen LogP contribution >= 0.6 is 0 Å². The normalized spacial score (nSPS) is 10.6.